The molecule has 1 heterocycles. The average molecular weight is 229 g/mol. The number of hydrogen-bond donors (Lipinski definition) is 2. The van der Waals surface area contributed by atoms with Gasteiger partial charge in [-0.15, -0.1) is 0 Å². The predicted octanol–water partition coefficient (Wildman–Crippen LogP) is 0.217. The highest BCUT2D eigenvalue weighted by molar-refractivity contribution is 5.85. The molecule has 2 N–H and O–H groups in total. The highest BCUT2D eigenvalue weighted by Crippen LogP contribution is 2.19. The summed E-state index contributed by atoms with van der Waals surface area (Å²) in [6.45, 7) is 2.37. The van der Waals surface area contributed by atoms with E-state index in [4.69, 9.17) is 9.84 Å². The van der Waals surface area contributed by atoms with Gasteiger partial charge in [0, 0.05) is 0 Å². The highest BCUT2D eigenvalue weighted by atomic mass is 16.5. The van der Waals surface area contributed by atoms with Crippen molar-refractivity contribution in [3.8, 4) is 0 Å². The highest BCUT2D eigenvalue weighted by Gasteiger charge is 2.33. The van der Waals surface area contributed by atoms with Crippen LogP contribution in [0.2, 0.25) is 0 Å². The molecule has 2 atom stereocenters. The van der Waals surface area contributed by atoms with Gasteiger partial charge in [-0.3, -0.25) is 9.59 Å². The number of rotatable bonds is 6. The van der Waals surface area contributed by atoms with Gasteiger partial charge in [0.2, 0.25) is 5.91 Å². The molecule has 1 aliphatic heterocycles. The first-order chi connectivity index (χ1) is 7.67. The normalized spacial score (nSPS) is 24.2. The van der Waals surface area contributed by atoms with Gasteiger partial charge in [-0.2, -0.15) is 0 Å². The molecule has 5 nitrogen and oxygen atoms in total. The Labute approximate surface area is 95.2 Å². The molecule has 0 aromatic heterocycles. The first-order valence-electron chi connectivity index (χ1n) is 5.74. The van der Waals surface area contributed by atoms with Gasteiger partial charge in [0.1, 0.15) is 0 Å². The van der Waals surface area contributed by atoms with Crippen molar-refractivity contribution in [3.63, 3.8) is 0 Å². The van der Waals surface area contributed by atoms with E-state index in [2.05, 4.69) is 5.32 Å². The van der Waals surface area contributed by atoms with Crippen molar-refractivity contribution in [2.75, 3.05) is 13.2 Å². The number of amides is 1. The van der Waals surface area contributed by atoms with Crippen molar-refractivity contribution in [3.05, 3.63) is 0 Å². The lowest BCUT2D eigenvalue weighted by Crippen LogP contribution is -2.29. The van der Waals surface area contributed by atoms with E-state index in [1.54, 1.807) is 0 Å². The van der Waals surface area contributed by atoms with Crippen molar-refractivity contribution in [1.82, 2.24) is 5.32 Å². The number of carbonyl (C=O) groups excluding carboxylic acids is 2. The fourth-order valence-electron chi connectivity index (χ4n) is 1.72. The van der Waals surface area contributed by atoms with Gasteiger partial charge < -0.3 is 15.2 Å². The Kier molecular flexibility index (Phi) is 5.25. The lowest BCUT2D eigenvalue weighted by molar-refractivity contribution is -0.146. The van der Waals surface area contributed by atoms with Crippen LogP contribution >= 0.6 is 0 Å². The van der Waals surface area contributed by atoms with Crippen LogP contribution in [0.25, 0.3) is 0 Å². The molecule has 0 aromatic rings. The second kappa shape index (κ2) is 6.48. The van der Waals surface area contributed by atoms with Crippen LogP contribution in [0.15, 0.2) is 0 Å². The van der Waals surface area contributed by atoms with E-state index in [9.17, 15) is 9.59 Å². The van der Waals surface area contributed by atoms with E-state index in [1.807, 2.05) is 6.92 Å². The van der Waals surface area contributed by atoms with Gasteiger partial charge in [0.15, 0.2) is 0 Å². The number of aliphatic hydroxyl groups excluding tert-OH is 1. The molecule has 1 rings (SSSR count). The molecule has 0 spiro atoms. The van der Waals surface area contributed by atoms with Crippen LogP contribution < -0.4 is 5.32 Å². The summed E-state index contributed by atoms with van der Waals surface area (Å²) in [6.07, 6.45) is 2.45. The van der Waals surface area contributed by atoms with E-state index in [-0.39, 0.29) is 36.9 Å². The molecule has 16 heavy (non-hydrogen) atoms. The molecule has 0 radical (unpaired) electrons. The summed E-state index contributed by atoms with van der Waals surface area (Å²) in [5, 5.41) is 11.5. The second-order valence-electron chi connectivity index (χ2n) is 4.10. The SMILES string of the molecule is CCCCOC(=O)C[C@@H]1C[C@@H](CO)NC1=O. The third-order valence-corrected chi connectivity index (χ3v) is 2.68. The monoisotopic (exact) mass is 229 g/mol. The van der Waals surface area contributed by atoms with Crippen molar-refractivity contribution >= 4 is 11.9 Å². The zero-order chi connectivity index (χ0) is 12.0. The van der Waals surface area contributed by atoms with Crippen LogP contribution in [0.4, 0.5) is 0 Å². The Bertz CT molecular complexity index is 254. The van der Waals surface area contributed by atoms with Gasteiger partial charge in [-0.1, -0.05) is 13.3 Å². The van der Waals surface area contributed by atoms with Crippen molar-refractivity contribution in [1.29, 1.82) is 0 Å². The Balaban J connectivity index is 2.26. The summed E-state index contributed by atoms with van der Waals surface area (Å²) in [6, 6.07) is -0.207. The summed E-state index contributed by atoms with van der Waals surface area (Å²) in [7, 11) is 0. The lowest BCUT2D eigenvalue weighted by Gasteiger charge is -2.07. The summed E-state index contributed by atoms with van der Waals surface area (Å²) < 4.78 is 4.98. The minimum Gasteiger partial charge on any atom is -0.466 e. The molecular formula is C11H19NO4. The third-order valence-electron chi connectivity index (χ3n) is 2.68. The standard InChI is InChI=1S/C11H19NO4/c1-2-3-4-16-10(14)6-8-5-9(7-13)12-11(8)15/h8-9,13H,2-7H2,1H3,(H,12,15)/t8-,9-/m0/s1. The third kappa shape index (κ3) is 3.81. The van der Waals surface area contributed by atoms with Gasteiger partial charge in [0.25, 0.3) is 0 Å². The largest absolute Gasteiger partial charge is 0.466 e. The molecule has 0 aliphatic carbocycles. The molecule has 1 aliphatic rings. The maximum Gasteiger partial charge on any atom is 0.306 e. The van der Waals surface area contributed by atoms with Gasteiger partial charge in [0.05, 0.1) is 31.6 Å². The fourth-order valence-corrected chi connectivity index (χ4v) is 1.72. The zero-order valence-corrected chi connectivity index (χ0v) is 9.57. The number of esters is 1. The van der Waals surface area contributed by atoms with E-state index in [0.29, 0.717) is 13.0 Å². The predicted molar refractivity (Wildman–Crippen MR) is 57.6 cm³/mol. The molecular weight excluding hydrogens is 210 g/mol. The van der Waals surface area contributed by atoms with Crippen LogP contribution in [0.5, 0.6) is 0 Å². The van der Waals surface area contributed by atoms with Crippen LogP contribution in [-0.2, 0) is 14.3 Å². The maximum absolute atomic E-state index is 11.4. The zero-order valence-electron chi connectivity index (χ0n) is 9.57. The van der Waals surface area contributed by atoms with Crippen LogP contribution in [-0.4, -0.2) is 36.2 Å². The Morgan fingerprint density at radius 1 is 1.62 bits per heavy atom. The minimum atomic E-state index is -0.341. The minimum absolute atomic E-state index is 0.0763. The number of aliphatic hydroxyl groups is 1. The molecule has 5 heteroatoms. The summed E-state index contributed by atoms with van der Waals surface area (Å²) in [5.41, 5.74) is 0. The average Bonchev–Trinajstić information content (AvgIpc) is 2.60. The van der Waals surface area contributed by atoms with Crippen LogP contribution in [0.3, 0.4) is 0 Å². The van der Waals surface area contributed by atoms with Crippen molar-refractivity contribution in [2.24, 2.45) is 5.92 Å². The molecule has 1 amide bonds. The molecule has 1 fully saturated rings. The Morgan fingerprint density at radius 3 is 2.94 bits per heavy atom. The number of nitrogens with one attached hydrogen (secondary N) is 1. The molecule has 0 aromatic carbocycles. The molecule has 0 saturated carbocycles. The van der Waals surface area contributed by atoms with Crippen LogP contribution in [0, 0.1) is 5.92 Å². The molecule has 1 saturated heterocycles. The smallest absolute Gasteiger partial charge is 0.306 e. The number of carbonyl (C=O) groups is 2. The number of ether oxygens (including phenoxy) is 1. The summed E-state index contributed by atoms with van der Waals surface area (Å²) in [4.78, 5) is 22.7. The maximum atomic E-state index is 11.4. The first-order valence-corrected chi connectivity index (χ1v) is 5.74. The second-order valence-corrected chi connectivity index (χ2v) is 4.10. The summed E-state index contributed by atoms with van der Waals surface area (Å²) >= 11 is 0. The van der Waals surface area contributed by atoms with Gasteiger partial charge >= 0.3 is 5.97 Å². The van der Waals surface area contributed by atoms with E-state index < -0.39 is 0 Å². The molecule has 92 valence electrons. The van der Waals surface area contributed by atoms with E-state index in [1.165, 1.54) is 0 Å². The molecule has 0 unspecified atom stereocenters. The van der Waals surface area contributed by atoms with Crippen LogP contribution in [0.1, 0.15) is 32.6 Å². The van der Waals surface area contributed by atoms with E-state index >= 15 is 0 Å². The molecule has 0 bridgehead atoms. The summed E-state index contributed by atoms with van der Waals surface area (Å²) in [5.74, 6) is -0.829. The topological polar surface area (TPSA) is 75.6 Å². The Morgan fingerprint density at radius 2 is 2.38 bits per heavy atom. The van der Waals surface area contributed by atoms with Gasteiger partial charge in [-0.05, 0) is 12.8 Å². The first kappa shape index (κ1) is 13.0. The van der Waals surface area contributed by atoms with Gasteiger partial charge in [-0.25, -0.2) is 0 Å². The van der Waals surface area contributed by atoms with Crippen molar-refractivity contribution in [2.45, 2.75) is 38.6 Å². The Hall–Kier alpha value is -1.10. The quantitative estimate of drug-likeness (QED) is 0.504. The number of hydrogen-bond acceptors (Lipinski definition) is 4. The lowest BCUT2D eigenvalue weighted by atomic mass is 10.0. The number of unbranched alkanes of at least 4 members (excludes halogenated alkanes) is 1. The fraction of sp³-hybridized carbons (Fsp3) is 0.818. The van der Waals surface area contributed by atoms with Crippen molar-refractivity contribution < 1.29 is 19.4 Å². The van der Waals surface area contributed by atoms with E-state index in [0.717, 1.165) is 12.8 Å².